The second-order valence-electron chi connectivity index (χ2n) is 4.88. The van der Waals surface area contributed by atoms with Gasteiger partial charge in [-0.3, -0.25) is 4.79 Å². The molecular formula is C13H14O4. The monoisotopic (exact) mass is 234 g/mol. The van der Waals surface area contributed by atoms with Crippen LogP contribution in [0, 0.1) is 5.41 Å². The lowest BCUT2D eigenvalue weighted by molar-refractivity contribution is -0.142. The van der Waals surface area contributed by atoms with Crippen molar-refractivity contribution in [1.29, 1.82) is 0 Å². The first-order valence-corrected chi connectivity index (χ1v) is 5.74. The molecule has 1 fully saturated rings. The van der Waals surface area contributed by atoms with Crippen LogP contribution in [0.2, 0.25) is 0 Å². The van der Waals surface area contributed by atoms with E-state index >= 15 is 0 Å². The Bertz CT molecular complexity index is 482. The van der Waals surface area contributed by atoms with Crippen molar-refractivity contribution >= 4 is 5.97 Å². The second-order valence-corrected chi connectivity index (χ2v) is 4.88. The molecule has 0 saturated heterocycles. The summed E-state index contributed by atoms with van der Waals surface area (Å²) in [7, 11) is 0. The van der Waals surface area contributed by atoms with E-state index in [9.17, 15) is 4.79 Å². The standard InChI is InChI=1S/C13H14O4/c1-13(12(14)15)7-9(13)8-2-3-10-11(6-8)17-5-4-16-10/h2-3,6,9H,4-5,7H2,1H3,(H,14,15). The van der Waals surface area contributed by atoms with Crippen molar-refractivity contribution in [3.8, 4) is 11.5 Å². The molecule has 2 aliphatic rings. The zero-order valence-corrected chi connectivity index (χ0v) is 9.60. The predicted molar refractivity (Wildman–Crippen MR) is 60.5 cm³/mol. The van der Waals surface area contributed by atoms with Crippen LogP contribution in [0.15, 0.2) is 18.2 Å². The molecule has 17 heavy (non-hydrogen) atoms. The molecule has 1 N–H and O–H groups in total. The Morgan fingerprint density at radius 2 is 2.06 bits per heavy atom. The van der Waals surface area contributed by atoms with Gasteiger partial charge in [-0.15, -0.1) is 0 Å². The minimum absolute atomic E-state index is 0.0934. The molecule has 90 valence electrons. The highest BCUT2D eigenvalue weighted by Gasteiger charge is 2.57. The van der Waals surface area contributed by atoms with Crippen LogP contribution in [-0.4, -0.2) is 24.3 Å². The zero-order valence-electron chi connectivity index (χ0n) is 9.60. The van der Waals surface area contributed by atoms with Crippen molar-refractivity contribution in [2.45, 2.75) is 19.3 Å². The maximum absolute atomic E-state index is 11.1. The van der Waals surface area contributed by atoms with Crippen LogP contribution in [0.25, 0.3) is 0 Å². The van der Waals surface area contributed by atoms with Gasteiger partial charge in [0.05, 0.1) is 5.41 Å². The summed E-state index contributed by atoms with van der Waals surface area (Å²) in [4.78, 5) is 11.1. The second kappa shape index (κ2) is 3.39. The minimum Gasteiger partial charge on any atom is -0.486 e. The van der Waals surface area contributed by atoms with E-state index in [1.165, 1.54) is 0 Å². The lowest BCUT2D eigenvalue weighted by Crippen LogP contribution is -2.16. The predicted octanol–water partition coefficient (Wildman–Crippen LogP) is 2.04. The first kappa shape index (κ1) is 10.4. The summed E-state index contributed by atoms with van der Waals surface area (Å²) in [5.41, 5.74) is 0.420. The summed E-state index contributed by atoms with van der Waals surface area (Å²) in [6.45, 7) is 2.91. The lowest BCUT2D eigenvalue weighted by atomic mass is 10.0. The van der Waals surface area contributed by atoms with Crippen LogP contribution in [-0.2, 0) is 4.79 Å². The quantitative estimate of drug-likeness (QED) is 0.850. The summed E-state index contributed by atoms with van der Waals surface area (Å²) in [5, 5.41) is 9.13. The number of ether oxygens (including phenoxy) is 2. The summed E-state index contributed by atoms with van der Waals surface area (Å²) in [6.07, 6.45) is 0.696. The summed E-state index contributed by atoms with van der Waals surface area (Å²) < 4.78 is 10.9. The van der Waals surface area contributed by atoms with Gasteiger partial charge in [-0.1, -0.05) is 6.07 Å². The van der Waals surface area contributed by atoms with Crippen LogP contribution in [0.1, 0.15) is 24.8 Å². The van der Waals surface area contributed by atoms with Crippen molar-refractivity contribution in [3.05, 3.63) is 23.8 Å². The number of carbonyl (C=O) groups is 1. The van der Waals surface area contributed by atoms with Crippen LogP contribution >= 0.6 is 0 Å². The number of fused-ring (bicyclic) bond motifs is 1. The third-order valence-electron chi connectivity index (χ3n) is 3.69. The topological polar surface area (TPSA) is 55.8 Å². The molecule has 1 aliphatic heterocycles. The largest absolute Gasteiger partial charge is 0.486 e. The maximum atomic E-state index is 11.1. The lowest BCUT2D eigenvalue weighted by Gasteiger charge is -2.19. The summed E-state index contributed by atoms with van der Waals surface area (Å²) in [5.74, 6) is 0.847. The average molecular weight is 234 g/mol. The van der Waals surface area contributed by atoms with Gasteiger partial charge in [0.1, 0.15) is 13.2 Å². The van der Waals surface area contributed by atoms with E-state index in [-0.39, 0.29) is 5.92 Å². The first-order chi connectivity index (χ1) is 8.11. The van der Waals surface area contributed by atoms with Gasteiger partial charge in [-0.05, 0) is 31.0 Å². The number of aliphatic carboxylic acids is 1. The highest BCUT2D eigenvalue weighted by Crippen LogP contribution is 2.59. The van der Waals surface area contributed by atoms with Gasteiger partial charge in [0, 0.05) is 5.92 Å². The molecule has 1 aliphatic carbocycles. The fourth-order valence-electron chi connectivity index (χ4n) is 2.36. The van der Waals surface area contributed by atoms with Crippen LogP contribution in [0.3, 0.4) is 0 Å². The molecule has 0 bridgehead atoms. The van der Waals surface area contributed by atoms with Crippen LogP contribution in [0.5, 0.6) is 11.5 Å². The van der Waals surface area contributed by atoms with Gasteiger partial charge in [-0.25, -0.2) is 0 Å². The van der Waals surface area contributed by atoms with Crippen molar-refractivity contribution < 1.29 is 19.4 Å². The third kappa shape index (κ3) is 1.55. The Morgan fingerprint density at radius 3 is 2.71 bits per heavy atom. The third-order valence-corrected chi connectivity index (χ3v) is 3.69. The first-order valence-electron chi connectivity index (χ1n) is 5.74. The fourth-order valence-corrected chi connectivity index (χ4v) is 2.36. The Kier molecular flexibility index (Phi) is 2.08. The highest BCUT2D eigenvalue weighted by atomic mass is 16.6. The van der Waals surface area contributed by atoms with E-state index < -0.39 is 11.4 Å². The Balaban J connectivity index is 1.89. The molecule has 4 nitrogen and oxygen atoms in total. The number of hydrogen-bond donors (Lipinski definition) is 1. The molecule has 2 atom stereocenters. The van der Waals surface area contributed by atoms with Crippen LogP contribution in [0.4, 0.5) is 0 Å². The zero-order chi connectivity index (χ0) is 12.0. The average Bonchev–Trinajstić information content (AvgIpc) is 3.03. The molecule has 4 heteroatoms. The molecular weight excluding hydrogens is 220 g/mol. The number of benzene rings is 1. The molecule has 1 aromatic rings. The van der Waals surface area contributed by atoms with E-state index in [4.69, 9.17) is 14.6 Å². The van der Waals surface area contributed by atoms with Crippen molar-refractivity contribution in [2.75, 3.05) is 13.2 Å². The fraction of sp³-hybridized carbons (Fsp3) is 0.462. The molecule has 0 amide bonds. The highest BCUT2D eigenvalue weighted by molar-refractivity contribution is 5.80. The molecule has 1 aromatic carbocycles. The molecule has 0 aromatic heterocycles. The molecule has 2 unspecified atom stereocenters. The van der Waals surface area contributed by atoms with Gasteiger partial charge in [0.15, 0.2) is 11.5 Å². The van der Waals surface area contributed by atoms with Crippen molar-refractivity contribution in [3.63, 3.8) is 0 Å². The number of carboxylic acid groups (broad SMARTS) is 1. The number of rotatable bonds is 2. The Labute approximate surface area is 99.2 Å². The van der Waals surface area contributed by atoms with Gasteiger partial charge in [0.25, 0.3) is 0 Å². The molecule has 3 rings (SSSR count). The number of carboxylic acids is 1. The number of hydrogen-bond acceptors (Lipinski definition) is 3. The smallest absolute Gasteiger partial charge is 0.309 e. The van der Waals surface area contributed by atoms with E-state index in [2.05, 4.69) is 0 Å². The Hall–Kier alpha value is -1.71. The van der Waals surface area contributed by atoms with Crippen molar-refractivity contribution in [1.82, 2.24) is 0 Å². The van der Waals surface area contributed by atoms with E-state index in [1.54, 1.807) is 6.92 Å². The van der Waals surface area contributed by atoms with E-state index in [0.29, 0.717) is 19.6 Å². The van der Waals surface area contributed by atoms with E-state index in [1.807, 2.05) is 18.2 Å². The minimum atomic E-state index is -0.725. The SMILES string of the molecule is CC1(C(=O)O)CC1c1ccc2c(c1)OCCO2. The molecule has 0 spiro atoms. The van der Waals surface area contributed by atoms with Gasteiger partial charge in [0.2, 0.25) is 0 Å². The van der Waals surface area contributed by atoms with E-state index in [0.717, 1.165) is 17.1 Å². The van der Waals surface area contributed by atoms with Gasteiger partial charge >= 0.3 is 5.97 Å². The normalized spacial score (nSPS) is 29.8. The van der Waals surface area contributed by atoms with Crippen LogP contribution < -0.4 is 9.47 Å². The Morgan fingerprint density at radius 1 is 1.35 bits per heavy atom. The van der Waals surface area contributed by atoms with Gasteiger partial charge < -0.3 is 14.6 Å². The van der Waals surface area contributed by atoms with Crippen molar-refractivity contribution in [2.24, 2.45) is 5.41 Å². The molecule has 0 radical (unpaired) electrons. The molecule has 1 saturated carbocycles. The van der Waals surface area contributed by atoms with Gasteiger partial charge in [-0.2, -0.15) is 0 Å². The maximum Gasteiger partial charge on any atom is 0.309 e. The molecule has 1 heterocycles. The summed E-state index contributed by atoms with van der Waals surface area (Å²) >= 11 is 0. The summed E-state index contributed by atoms with van der Waals surface area (Å²) in [6, 6.07) is 5.71.